The van der Waals surface area contributed by atoms with Crippen LogP contribution < -0.4 is 5.73 Å². The van der Waals surface area contributed by atoms with Gasteiger partial charge in [-0.05, 0) is 0 Å². The minimum Gasteiger partial charge on any atom is -0.385 e. The summed E-state index contributed by atoms with van der Waals surface area (Å²) in [6, 6.07) is 0. The van der Waals surface area contributed by atoms with E-state index in [0.717, 1.165) is 25.3 Å². The molecule has 1 atom stereocenters. The zero-order valence-electron chi connectivity index (χ0n) is 10.1. The second-order valence-corrected chi connectivity index (χ2v) is 4.32. The van der Waals surface area contributed by atoms with E-state index >= 15 is 0 Å². The first-order valence-electron chi connectivity index (χ1n) is 5.81. The zero-order valence-corrected chi connectivity index (χ0v) is 10.1. The fourth-order valence-electron chi connectivity index (χ4n) is 1.99. The monoisotopic (exact) mass is 237 g/mol. The van der Waals surface area contributed by atoms with Gasteiger partial charge in [0.25, 0.3) is 0 Å². The smallest absolute Gasteiger partial charge is 0.127 e. The number of aromatic nitrogens is 2. The van der Waals surface area contributed by atoms with Gasteiger partial charge in [0.15, 0.2) is 0 Å². The van der Waals surface area contributed by atoms with Crippen LogP contribution in [0.3, 0.4) is 0 Å². The molecule has 3 N–H and O–H groups in total. The summed E-state index contributed by atoms with van der Waals surface area (Å²) in [5.41, 5.74) is 5.46. The van der Waals surface area contributed by atoms with Gasteiger partial charge in [-0.25, -0.2) is 4.98 Å². The molecular formula is C11H19N5O. The van der Waals surface area contributed by atoms with Crippen LogP contribution in [0.15, 0.2) is 12.4 Å². The lowest BCUT2D eigenvalue weighted by Crippen LogP contribution is -2.48. The molecule has 1 aromatic heterocycles. The Hall–Kier alpha value is -1.40. The summed E-state index contributed by atoms with van der Waals surface area (Å²) in [4.78, 5) is 6.56. The van der Waals surface area contributed by atoms with Crippen molar-refractivity contribution < 1.29 is 4.74 Å². The van der Waals surface area contributed by atoms with Crippen molar-refractivity contribution in [2.45, 2.75) is 12.5 Å². The second kappa shape index (κ2) is 5.29. The highest BCUT2D eigenvalue weighted by atomic mass is 16.5. The van der Waals surface area contributed by atoms with Gasteiger partial charge < -0.3 is 15.0 Å². The number of imidazole rings is 1. The Morgan fingerprint density at radius 1 is 1.71 bits per heavy atom. The Morgan fingerprint density at radius 2 is 2.53 bits per heavy atom. The summed E-state index contributed by atoms with van der Waals surface area (Å²) < 4.78 is 7.45. The lowest BCUT2D eigenvalue weighted by atomic mass is 10.2. The number of ether oxygens (including phenoxy) is 1. The van der Waals surface area contributed by atoms with Crippen LogP contribution in [0.25, 0.3) is 0 Å². The standard InChI is InChI=1S/C11H19N5O/c1-15-5-3-14-10(15)2-4-16-6-7-17-9(8-16)11(12)13/h3,5,9H,2,4,6-8H2,1H3,(H3,12,13). The first kappa shape index (κ1) is 12.1. The number of hydrogen-bond donors (Lipinski definition) is 2. The molecule has 0 bridgehead atoms. The molecule has 0 spiro atoms. The Morgan fingerprint density at radius 3 is 3.18 bits per heavy atom. The second-order valence-electron chi connectivity index (χ2n) is 4.32. The van der Waals surface area contributed by atoms with E-state index < -0.39 is 0 Å². The average Bonchev–Trinajstić information content (AvgIpc) is 2.72. The summed E-state index contributed by atoms with van der Waals surface area (Å²) in [6.07, 6.45) is 4.43. The fourth-order valence-corrected chi connectivity index (χ4v) is 1.99. The van der Waals surface area contributed by atoms with Gasteiger partial charge in [0.2, 0.25) is 0 Å². The van der Waals surface area contributed by atoms with E-state index in [1.54, 1.807) is 0 Å². The molecule has 17 heavy (non-hydrogen) atoms. The number of amidine groups is 1. The molecule has 1 aliphatic heterocycles. The van der Waals surface area contributed by atoms with E-state index in [1.165, 1.54) is 0 Å². The molecule has 0 saturated carbocycles. The van der Waals surface area contributed by atoms with E-state index in [4.69, 9.17) is 15.9 Å². The van der Waals surface area contributed by atoms with E-state index in [1.807, 2.05) is 24.0 Å². The van der Waals surface area contributed by atoms with Crippen molar-refractivity contribution in [2.24, 2.45) is 12.8 Å². The number of aryl methyl sites for hydroxylation is 1. The number of rotatable bonds is 4. The molecule has 2 heterocycles. The number of hydrogen-bond acceptors (Lipinski definition) is 4. The summed E-state index contributed by atoms with van der Waals surface area (Å²) in [6.45, 7) is 3.18. The molecule has 1 aromatic rings. The van der Waals surface area contributed by atoms with Crippen LogP contribution in [-0.4, -0.2) is 52.6 Å². The summed E-state index contributed by atoms with van der Waals surface area (Å²) >= 11 is 0. The average molecular weight is 237 g/mol. The number of morpholine rings is 1. The van der Waals surface area contributed by atoms with Crippen molar-refractivity contribution >= 4 is 5.84 Å². The SMILES string of the molecule is Cn1ccnc1CCN1CCOC(C(=N)N)C1. The fraction of sp³-hybridized carbons (Fsp3) is 0.636. The van der Waals surface area contributed by atoms with Gasteiger partial charge in [-0.1, -0.05) is 0 Å². The lowest BCUT2D eigenvalue weighted by molar-refractivity contribution is 0.00594. The van der Waals surface area contributed by atoms with Gasteiger partial charge in [-0.2, -0.15) is 0 Å². The number of nitrogens with one attached hydrogen (secondary N) is 1. The van der Waals surface area contributed by atoms with Crippen LogP contribution in [0, 0.1) is 5.41 Å². The van der Waals surface area contributed by atoms with E-state index in [9.17, 15) is 0 Å². The van der Waals surface area contributed by atoms with Crippen LogP contribution in [0.5, 0.6) is 0 Å². The Balaban J connectivity index is 1.83. The molecule has 0 aromatic carbocycles. The zero-order chi connectivity index (χ0) is 12.3. The van der Waals surface area contributed by atoms with Gasteiger partial charge in [0.05, 0.1) is 6.61 Å². The molecule has 1 fully saturated rings. The van der Waals surface area contributed by atoms with Crippen molar-refractivity contribution in [3.8, 4) is 0 Å². The Kier molecular flexibility index (Phi) is 3.75. The van der Waals surface area contributed by atoms with Crippen LogP contribution in [0.4, 0.5) is 0 Å². The molecule has 1 aliphatic rings. The van der Waals surface area contributed by atoms with Gasteiger partial charge in [-0.3, -0.25) is 10.3 Å². The van der Waals surface area contributed by atoms with Crippen LogP contribution in [-0.2, 0) is 18.2 Å². The third kappa shape index (κ3) is 3.04. The quantitative estimate of drug-likeness (QED) is 0.551. The van der Waals surface area contributed by atoms with Crippen LogP contribution >= 0.6 is 0 Å². The van der Waals surface area contributed by atoms with Gasteiger partial charge in [0.1, 0.15) is 17.8 Å². The number of nitrogens with zero attached hydrogens (tertiary/aromatic N) is 3. The van der Waals surface area contributed by atoms with Crippen molar-refractivity contribution in [3.63, 3.8) is 0 Å². The molecule has 1 unspecified atom stereocenters. The van der Waals surface area contributed by atoms with Crippen molar-refractivity contribution in [2.75, 3.05) is 26.2 Å². The maximum Gasteiger partial charge on any atom is 0.127 e. The Labute approximate surface area is 101 Å². The van der Waals surface area contributed by atoms with E-state index in [-0.39, 0.29) is 11.9 Å². The summed E-state index contributed by atoms with van der Waals surface area (Å²) in [7, 11) is 2.00. The molecule has 0 aliphatic carbocycles. The van der Waals surface area contributed by atoms with Crippen molar-refractivity contribution in [1.29, 1.82) is 5.41 Å². The topological polar surface area (TPSA) is 80.2 Å². The predicted octanol–water partition coefficient (Wildman–Crippen LogP) is -0.401. The third-order valence-corrected chi connectivity index (χ3v) is 3.07. The van der Waals surface area contributed by atoms with Crippen molar-refractivity contribution in [1.82, 2.24) is 14.5 Å². The van der Waals surface area contributed by atoms with E-state index in [2.05, 4.69) is 9.88 Å². The molecule has 1 saturated heterocycles. The third-order valence-electron chi connectivity index (χ3n) is 3.07. The first-order chi connectivity index (χ1) is 8.16. The van der Waals surface area contributed by atoms with Crippen LogP contribution in [0.1, 0.15) is 5.82 Å². The minimum atomic E-state index is -0.245. The predicted molar refractivity (Wildman–Crippen MR) is 65.0 cm³/mol. The molecular weight excluding hydrogens is 218 g/mol. The molecule has 0 radical (unpaired) electrons. The summed E-state index contributed by atoms with van der Waals surface area (Å²) in [5.74, 6) is 1.20. The summed E-state index contributed by atoms with van der Waals surface area (Å²) in [5, 5.41) is 7.39. The molecule has 2 rings (SSSR count). The largest absolute Gasteiger partial charge is 0.385 e. The lowest BCUT2D eigenvalue weighted by Gasteiger charge is -2.32. The van der Waals surface area contributed by atoms with Gasteiger partial charge >= 0.3 is 0 Å². The minimum absolute atomic E-state index is 0.117. The van der Waals surface area contributed by atoms with Crippen LogP contribution in [0.2, 0.25) is 0 Å². The normalized spacial score (nSPS) is 21.6. The first-order valence-corrected chi connectivity index (χ1v) is 5.81. The Bertz CT molecular complexity index is 389. The molecule has 6 heteroatoms. The highest BCUT2D eigenvalue weighted by molar-refractivity contribution is 5.82. The van der Waals surface area contributed by atoms with Crippen molar-refractivity contribution in [3.05, 3.63) is 18.2 Å². The highest BCUT2D eigenvalue weighted by Gasteiger charge is 2.22. The molecule has 94 valence electrons. The maximum atomic E-state index is 7.39. The molecule has 6 nitrogen and oxygen atoms in total. The number of nitrogens with two attached hydrogens (primary N) is 1. The maximum absolute atomic E-state index is 7.39. The van der Waals surface area contributed by atoms with Gasteiger partial charge in [0, 0.05) is 45.5 Å². The van der Waals surface area contributed by atoms with Gasteiger partial charge in [-0.15, -0.1) is 0 Å². The highest BCUT2D eigenvalue weighted by Crippen LogP contribution is 2.06. The van der Waals surface area contributed by atoms with E-state index in [0.29, 0.717) is 13.2 Å². The molecule has 0 amide bonds.